The molecule has 2 aromatic carbocycles. The monoisotopic (exact) mass is 338 g/mol. The molecular formula is C23H34N2+2. The molecule has 2 nitrogen and oxygen atoms in total. The van der Waals surface area contributed by atoms with E-state index >= 15 is 0 Å². The van der Waals surface area contributed by atoms with Crippen LogP contribution < -0.4 is 0 Å². The first kappa shape index (κ1) is 18.2. The normalized spacial score (nSPS) is 16.1. The molecule has 3 rings (SSSR count). The average molecular weight is 339 g/mol. The van der Waals surface area contributed by atoms with Gasteiger partial charge < -0.3 is 8.97 Å². The van der Waals surface area contributed by atoms with Gasteiger partial charge in [-0.15, -0.1) is 0 Å². The summed E-state index contributed by atoms with van der Waals surface area (Å²) < 4.78 is 2.15. The summed E-state index contributed by atoms with van der Waals surface area (Å²) in [5.74, 6) is 0. The smallest absolute Gasteiger partial charge is 0.105 e. The third-order valence-corrected chi connectivity index (χ3v) is 5.44. The number of quaternary nitrogens is 2. The maximum absolute atomic E-state index is 2.44. The maximum atomic E-state index is 2.44. The molecule has 0 saturated heterocycles. The fourth-order valence-electron chi connectivity index (χ4n) is 4.20. The molecule has 0 radical (unpaired) electrons. The summed E-state index contributed by atoms with van der Waals surface area (Å²) in [6, 6.07) is 14.0. The number of hydrogen-bond donors (Lipinski definition) is 0. The minimum absolute atomic E-state index is 1.05. The van der Waals surface area contributed by atoms with Crippen molar-refractivity contribution in [1.82, 2.24) is 0 Å². The zero-order chi connectivity index (χ0) is 18.2. The van der Waals surface area contributed by atoms with E-state index in [1.807, 2.05) is 0 Å². The summed E-state index contributed by atoms with van der Waals surface area (Å²) >= 11 is 0. The first-order valence-electron chi connectivity index (χ1n) is 9.49. The van der Waals surface area contributed by atoms with E-state index in [-0.39, 0.29) is 0 Å². The highest BCUT2D eigenvalue weighted by Crippen LogP contribution is 2.36. The van der Waals surface area contributed by atoms with Crippen LogP contribution in [0.4, 0.5) is 0 Å². The van der Waals surface area contributed by atoms with Crippen LogP contribution in [0.15, 0.2) is 36.4 Å². The molecule has 2 heteroatoms. The zero-order valence-corrected chi connectivity index (χ0v) is 16.9. The first-order chi connectivity index (χ1) is 11.7. The SMILES string of the molecule is Cc1ccc2c(c1)C[N+](C)(CCC[N+](C)(C)C)Cc1cc(C)ccc1-2. The minimum Gasteiger partial charge on any atom is -0.331 e. The van der Waals surface area contributed by atoms with E-state index in [9.17, 15) is 0 Å². The number of hydrogen-bond acceptors (Lipinski definition) is 0. The summed E-state index contributed by atoms with van der Waals surface area (Å²) in [6.45, 7) is 9.14. The average Bonchev–Trinajstić information content (AvgIpc) is 2.58. The maximum Gasteiger partial charge on any atom is 0.105 e. The van der Waals surface area contributed by atoms with Crippen molar-refractivity contribution in [2.45, 2.75) is 33.4 Å². The van der Waals surface area contributed by atoms with Crippen molar-refractivity contribution < 1.29 is 8.97 Å². The Hall–Kier alpha value is -1.64. The van der Waals surface area contributed by atoms with Gasteiger partial charge in [0, 0.05) is 17.5 Å². The van der Waals surface area contributed by atoms with E-state index in [0.29, 0.717) is 0 Å². The zero-order valence-electron chi connectivity index (χ0n) is 16.9. The van der Waals surface area contributed by atoms with Gasteiger partial charge in [0.2, 0.25) is 0 Å². The van der Waals surface area contributed by atoms with E-state index in [2.05, 4.69) is 78.4 Å². The molecule has 1 aliphatic heterocycles. The molecule has 134 valence electrons. The fraction of sp³-hybridized carbons (Fsp3) is 0.478. The number of rotatable bonds is 4. The van der Waals surface area contributed by atoms with Crippen molar-refractivity contribution in [3.05, 3.63) is 58.7 Å². The van der Waals surface area contributed by atoms with Crippen LogP contribution in [0.1, 0.15) is 28.7 Å². The molecule has 0 atom stereocenters. The predicted octanol–water partition coefficient (Wildman–Crippen LogP) is 4.53. The van der Waals surface area contributed by atoms with Gasteiger partial charge in [-0.1, -0.05) is 35.4 Å². The Balaban J connectivity index is 1.98. The lowest BCUT2D eigenvalue weighted by atomic mass is 9.94. The van der Waals surface area contributed by atoms with Gasteiger partial charge in [-0.25, -0.2) is 0 Å². The molecule has 25 heavy (non-hydrogen) atoms. The van der Waals surface area contributed by atoms with E-state index in [1.165, 1.54) is 52.9 Å². The van der Waals surface area contributed by atoms with Crippen molar-refractivity contribution in [3.8, 4) is 11.1 Å². The van der Waals surface area contributed by atoms with Crippen molar-refractivity contribution in [3.63, 3.8) is 0 Å². The lowest BCUT2D eigenvalue weighted by Gasteiger charge is -2.35. The summed E-state index contributed by atoms with van der Waals surface area (Å²) in [6.07, 6.45) is 1.27. The van der Waals surface area contributed by atoms with E-state index in [0.717, 1.165) is 22.1 Å². The Kier molecular flexibility index (Phi) is 4.78. The van der Waals surface area contributed by atoms with Gasteiger partial charge in [-0.2, -0.15) is 0 Å². The van der Waals surface area contributed by atoms with Crippen LogP contribution in [0, 0.1) is 13.8 Å². The van der Waals surface area contributed by atoms with Gasteiger partial charge in [-0.3, -0.25) is 0 Å². The van der Waals surface area contributed by atoms with Gasteiger partial charge in [0.15, 0.2) is 0 Å². The molecule has 0 N–H and O–H groups in total. The lowest BCUT2D eigenvalue weighted by Crippen LogP contribution is -2.45. The minimum atomic E-state index is 1.05. The second-order valence-corrected chi connectivity index (χ2v) is 9.35. The summed E-state index contributed by atoms with van der Waals surface area (Å²) in [5.41, 5.74) is 8.63. The molecule has 0 saturated carbocycles. The second-order valence-electron chi connectivity index (χ2n) is 9.35. The van der Waals surface area contributed by atoms with Crippen molar-refractivity contribution in [2.75, 3.05) is 41.3 Å². The highest BCUT2D eigenvalue weighted by molar-refractivity contribution is 5.72. The van der Waals surface area contributed by atoms with E-state index in [1.54, 1.807) is 0 Å². The van der Waals surface area contributed by atoms with Crippen LogP contribution in [-0.2, 0) is 13.1 Å². The quantitative estimate of drug-likeness (QED) is 0.719. The van der Waals surface area contributed by atoms with Gasteiger partial charge >= 0.3 is 0 Å². The van der Waals surface area contributed by atoms with Crippen LogP contribution in [0.5, 0.6) is 0 Å². The van der Waals surface area contributed by atoms with Crippen LogP contribution >= 0.6 is 0 Å². The Morgan fingerprint density at radius 3 is 1.76 bits per heavy atom. The second kappa shape index (κ2) is 6.59. The number of fused-ring (bicyclic) bond motifs is 3. The predicted molar refractivity (Wildman–Crippen MR) is 107 cm³/mol. The molecule has 1 aliphatic rings. The standard InChI is InChI=1S/C23H34N2/c1-18-8-10-22-20(14-18)16-25(6,13-7-12-24(3,4)5)17-21-15-19(2)9-11-23(21)22/h8-11,14-15H,7,12-13,16-17H2,1-6H3/q+2. The van der Waals surface area contributed by atoms with Gasteiger partial charge in [0.05, 0.1) is 41.3 Å². The Morgan fingerprint density at radius 2 is 1.32 bits per heavy atom. The Bertz CT molecular complexity index is 715. The molecular weight excluding hydrogens is 304 g/mol. The number of nitrogens with zero attached hydrogens (tertiary/aromatic N) is 2. The third-order valence-electron chi connectivity index (χ3n) is 5.44. The summed E-state index contributed by atoms with van der Waals surface area (Å²) in [7, 11) is 9.32. The van der Waals surface area contributed by atoms with Gasteiger partial charge in [-0.05, 0) is 37.1 Å². The molecule has 0 bridgehead atoms. The van der Waals surface area contributed by atoms with Crippen LogP contribution in [-0.4, -0.2) is 50.2 Å². The van der Waals surface area contributed by atoms with Crippen molar-refractivity contribution in [2.24, 2.45) is 0 Å². The Labute approximate surface area is 153 Å². The molecule has 0 unspecified atom stereocenters. The van der Waals surface area contributed by atoms with E-state index < -0.39 is 0 Å². The summed E-state index contributed by atoms with van der Waals surface area (Å²) in [5, 5.41) is 0. The van der Waals surface area contributed by atoms with Crippen LogP contribution in [0.2, 0.25) is 0 Å². The largest absolute Gasteiger partial charge is 0.331 e. The highest BCUT2D eigenvalue weighted by atomic mass is 15.3. The lowest BCUT2D eigenvalue weighted by molar-refractivity contribution is -0.940. The molecule has 0 spiro atoms. The molecule has 0 aliphatic carbocycles. The molecule has 0 fully saturated rings. The van der Waals surface area contributed by atoms with Crippen molar-refractivity contribution in [1.29, 1.82) is 0 Å². The van der Waals surface area contributed by atoms with E-state index in [4.69, 9.17) is 0 Å². The molecule has 2 aromatic rings. The molecule has 0 amide bonds. The fourth-order valence-corrected chi connectivity index (χ4v) is 4.20. The van der Waals surface area contributed by atoms with Crippen LogP contribution in [0.25, 0.3) is 11.1 Å². The highest BCUT2D eigenvalue weighted by Gasteiger charge is 2.30. The van der Waals surface area contributed by atoms with Crippen LogP contribution in [0.3, 0.4) is 0 Å². The number of aryl methyl sites for hydroxylation is 2. The molecule has 0 aromatic heterocycles. The third kappa shape index (κ3) is 4.31. The van der Waals surface area contributed by atoms with Crippen molar-refractivity contribution >= 4 is 0 Å². The number of benzene rings is 2. The van der Waals surface area contributed by atoms with Gasteiger partial charge in [0.1, 0.15) is 13.1 Å². The first-order valence-corrected chi connectivity index (χ1v) is 9.49. The molecule has 1 heterocycles. The van der Waals surface area contributed by atoms with Gasteiger partial charge in [0.25, 0.3) is 0 Å². The Morgan fingerprint density at radius 1 is 0.840 bits per heavy atom. The summed E-state index contributed by atoms with van der Waals surface area (Å²) in [4.78, 5) is 0. The topological polar surface area (TPSA) is 0 Å².